The van der Waals surface area contributed by atoms with Crippen molar-refractivity contribution in [1.82, 2.24) is 0 Å². The minimum atomic E-state index is -3.41. The molecule has 0 radical (unpaired) electrons. The molecule has 1 aliphatic rings. The minimum absolute atomic E-state index is 0.218. The smallest absolute Gasteiger partial charge is 0.255 e. The van der Waals surface area contributed by atoms with Crippen LogP contribution in [0.5, 0.6) is 0 Å². The van der Waals surface area contributed by atoms with Crippen LogP contribution < -0.4 is 9.62 Å². The van der Waals surface area contributed by atoms with E-state index < -0.39 is 15.9 Å². The van der Waals surface area contributed by atoms with Gasteiger partial charge >= 0.3 is 0 Å². The molecule has 3 aromatic carbocycles. The first-order chi connectivity index (χ1) is 15.1. The van der Waals surface area contributed by atoms with Crippen molar-refractivity contribution >= 4 is 44.7 Å². The van der Waals surface area contributed by atoms with Gasteiger partial charge < -0.3 is 5.32 Å². The molecule has 0 aliphatic carbocycles. The Kier molecular flexibility index (Phi) is 5.79. The number of benzene rings is 3. The van der Waals surface area contributed by atoms with Crippen LogP contribution in [0.1, 0.15) is 38.8 Å². The van der Waals surface area contributed by atoms with Crippen LogP contribution in [0.3, 0.4) is 0 Å². The molecule has 3 aromatic rings. The van der Waals surface area contributed by atoms with E-state index in [0.717, 1.165) is 5.56 Å². The Hall–Kier alpha value is -3.16. The second kappa shape index (κ2) is 8.41. The molecule has 1 atom stereocenters. The van der Waals surface area contributed by atoms with Crippen molar-refractivity contribution in [3.05, 3.63) is 94.0 Å². The number of anilines is 2. The lowest BCUT2D eigenvalue weighted by molar-refractivity contribution is 0.102. The molecule has 1 aliphatic heterocycles. The van der Waals surface area contributed by atoms with Gasteiger partial charge in [0, 0.05) is 27.8 Å². The van der Waals surface area contributed by atoms with E-state index in [1.807, 2.05) is 13.0 Å². The summed E-state index contributed by atoms with van der Waals surface area (Å²) < 4.78 is 25.6. The van der Waals surface area contributed by atoms with Crippen LogP contribution in [0.4, 0.5) is 11.4 Å². The van der Waals surface area contributed by atoms with Crippen molar-refractivity contribution in [2.24, 2.45) is 0 Å². The number of fused-ring (bicyclic) bond motifs is 1. The maximum absolute atomic E-state index is 13.0. The van der Waals surface area contributed by atoms with Gasteiger partial charge in [-0.15, -0.1) is 0 Å². The molecule has 4 rings (SSSR count). The van der Waals surface area contributed by atoms with Gasteiger partial charge in [-0.3, -0.25) is 13.9 Å². The highest BCUT2D eigenvalue weighted by atomic mass is 35.5. The molecule has 0 saturated heterocycles. The SMILES string of the molecule is C[C@H]1Cc2cc(C(=O)Nc3ccc(Cl)cc3C(=O)c3ccccc3)ccc2N1S(C)(=O)=O. The Morgan fingerprint density at radius 3 is 2.41 bits per heavy atom. The Labute approximate surface area is 191 Å². The van der Waals surface area contributed by atoms with E-state index in [4.69, 9.17) is 11.6 Å². The molecule has 0 bridgehead atoms. The predicted molar refractivity (Wildman–Crippen MR) is 126 cm³/mol. The molecule has 6 nitrogen and oxygen atoms in total. The highest BCUT2D eigenvalue weighted by Gasteiger charge is 2.32. The third-order valence-electron chi connectivity index (χ3n) is 5.36. The van der Waals surface area contributed by atoms with Crippen LogP contribution in [0.2, 0.25) is 5.02 Å². The highest BCUT2D eigenvalue weighted by Crippen LogP contribution is 2.35. The zero-order chi connectivity index (χ0) is 23.0. The van der Waals surface area contributed by atoms with E-state index in [2.05, 4.69) is 5.32 Å². The summed E-state index contributed by atoms with van der Waals surface area (Å²) in [7, 11) is -3.41. The highest BCUT2D eigenvalue weighted by molar-refractivity contribution is 7.92. The summed E-state index contributed by atoms with van der Waals surface area (Å²) in [5.41, 5.74) is 2.86. The van der Waals surface area contributed by atoms with Gasteiger partial charge in [-0.05, 0) is 55.3 Å². The first-order valence-electron chi connectivity index (χ1n) is 9.98. The number of carbonyl (C=O) groups excluding carboxylic acids is 2. The third-order valence-corrected chi connectivity index (χ3v) is 6.87. The topological polar surface area (TPSA) is 83.6 Å². The lowest BCUT2D eigenvalue weighted by atomic mass is 10.0. The summed E-state index contributed by atoms with van der Waals surface area (Å²) in [6, 6.07) is 18.2. The van der Waals surface area contributed by atoms with Gasteiger partial charge in [0.2, 0.25) is 10.0 Å². The Morgan fingerprint density at radius 1 is 1.00 bits per heavy atom. The standard InChI is InChI=1S/C24H21ClN2O4S/c1-15-12-18-13-17(8-11-22(18)27(15)32(2,30)31)24(29)26-21-10-9-19(25)14-20(21)23(28)16-6-4-3-5-7-16/h3-11,13-15H,12H2,1-2H3,(H,26,29)/t15-/m0/s1. The van der Waals surface area contributed by atoms with E-state index in [-0.39, 0.29) is 17.4 Å². The number of hydrogen-bond donors (Lipinski definition) is 1. The predicted octanol–water partition coefficient (Wildman–Crippen LogP) is 4.53. The number of carbonyl (C=O) groups is 2. The van der Waals surface area contributed by atoms with Crippen LogP contribution in [-0.2, 0) is 16.4 Å². The monoisotopic (exact) mass is 468 g/mol. The molecule has 8 heteroatoms. The van der Waals surface area contributed by atoms with Crippen molar-refractivity contribution in [3.63, 3.8) is 0 Å². The summed E-state index contributed by atoms with van der Waals surface area (Å²) in [5.74, 6) is -0.655. The lowest BCUT2D eigenvalue weighted by Gasteiger charge is -2.22. The van der Waals surface area contributed by atoms with Crippen LogP contribution in [-0.4, -0.2) is 32.4 Å². The number of sulfonamides is 1. The second-order valence-electron chi connectivity index (χ2n) is 7.79. The molecule has 0 aromatic heterocycles. The van der Waals surface area contributed by atoms with Gasteiger partial charge in [-0.2, -0.15) is 0 Å². The van der Waals surface area contributed by atoms with Gasteiger partial charge in [0.15, 0.2) is 5.78 Å². The van der Waals surface area contributed by atoms with Crippen LogP contribution >= 0.6 is 11.6 Å². The number of rotatable bonds is 5. The third kappa shape index (κ3) is 4.26. The molecule has 1 amide bonds. The van der Waals surface area contributed by atoms with Gasteiger partial charge in [0.25, 0.3) is 5.91 Å². The maximum Gasteiger partial charge on any atom is 0.255 e. The first-order valence-corrected chi connectivity index (χ1v) is 12.2. The Morgan fingerprint density at radius 2 is 1.72 bits per heavy atom. The lowest BCUT2D eigenvalue weighted by Crippen LogP contribution is -2.34. The van der Waals surface area contributed by atoms with E-state index in [9.17, 15) is 18.0 Å². The largest absolute Gasteiger partial charge is 0.321 e. The van der Waals surface area contributed by atoms with Crippen molar-refractivity contribution in [2.45, 2.75) is 19.4 Å². The Bertz CT molecular complexity index is 1320. The van der Waals surface area contributed by atoms with Gasteiger partial charge in [0.05, 0.1) is 17.6 Å². The molecule has 0 unspecified atom stereocenters. The number of nitrogens with one attached hydrogen (secondary N) is 1. The quantitative estimate of drug-likeness (QED) is 0.557. The molecule has 1 N–H and O–H groups in total. The first kappa shape index (κ1) is 22.0. The molecule has 1 heterocycles. The molecule has 164 valence electrons. The van der Waals surface area contributed by atoms with Gasteiger partial charge in [-0.25, -0.2) is 8.42 Å². The molecule has 0 saturated carbocycles. The molecule has 0 fully saturated rings. The van der Waals surface area contributed by atoms with Crippen LogP contribution in [0, 0.1) is 0 Å². The average Bonchev–Trinajstić information content (AvgIpc) is 3.10. The van der Waals surface area contributed by atoms with E-state index >= 15 is 0 Å². The molecule has 32 heavy (non-hydrogen) atoms. The van der Waals surface area contributed by atoms with Gasteiger partial charge in [-0.1, -0.05) is 41.9 Å². The maximum atomic E-state index is 13.0. The fraction of sp³-hybridized carbons (Fsp3) is 0.167. The van der Waals surface area contributed by atoms with Crippen molar-refractivity contribution in [3.8, 4) is 0 Å². The van der Waals surface area contributed by atoms with Crippen molar-refractivity contribution in [2.75, 3.05) is 15.9 Å². The molecule has 0 spiro atoms. The molecular formula is C24H21ClN2O4S. The summed E-state index contributed by atoms with van der Waals surface area (Å²) in [6.45, 7) is 1.83. The Balaban J connectivity index is 1.64. The van der Waals surface area contributed by atoms with Crippen LogP contribution in [0.15, 0.2) is 66.7 Å². The fourth-order valence-corrected chi connectivity index (χ4v) is 5.44. The van der Waals surface area contributed by atoms with Crippen LogP contribution in [0.25, 0.3) is 0 Å². The number of nitrogens with zero attached hydrogens (tertiary/aromatic N) is 1. The molecular weight excluding hydrogens is 448 g/mol. The fourth-order valence-electron chi connectivity index (χ4n) is 4.00. The second-order valence-corrected chi connectivity index (χ2v) is 10.1. The number of halogens is 1. The number of amides is 1. The zero-order valence-electron chi connectivity index (χ0n) is 17.5. The van der Waals surface area contributed by atoms with Gasteiger partial charge in [0.1, 0.15) is 0 Å². The summed E-state index contributed by atoms with van der Waals surface area (Å²) in [4.78, 5) is 26.0. The minimum Gasteiger partial charge on any atom is -0.321 e. The summed E-state index contributed by atoms with van der Waals surface area (Å²) in [5, 5.41) is 3.18. The van der Waals surface area contributed by atoms with E-state index in [0.29, 0.717) is 33.9 Å². The normalized spacial score (nSPS) is 15.3. The zero-order valence-corrected chi connectivity index (χ0v) is 19.1. The number of ketones is 1. The summed E-state index contributed by atoms with van der Waals surface area (Å²) >= 11 is 6.11. The van der Waals surface area contributed by atoms with E-state index in [1.165, 1.54) is 16.6 Å². The summed E-state index contributed by atoms with van der Waals surface area (Å²) in [6.07, 6.45) is 1.69. The average molecular weight is 469 g/mol. The van der Waals surface area contributed by atoms with Crippen molar-refractivity contribution < 1.29 is 18.0 Å². The van der Waals surface area contributed by atoms with E-state index in [1.54, 1.807) is 54.6 Å². The number of hydrogen-bond acceptors (Lipinski definition) is 4. The van der Waals surface area contributed by atoms with Crippen molar-refractivity contribution in [1.29, 1.82) is 0 Å².